The van der Waals surface area contributed by atoms with Gasteiger partial charge < -0.3 is 10.4 Å². The predicted molar refractivity (Wildman–Crippen MR) is 84.6 cm³/mol. The van der Waals surface area contributed by atoms with E-state index in [1.165, 1.54) is 12.1 Å². The number of nitrogens with one attached hydrogen (secondary N) is 1. The zero-order valence-corrected chi connectivity index (χ0v) is 12.9. The summed E-state index contributed by atoms with van der Waals surface area (Å²) in [6.45, 7) is 6.34. The second-order valence-corrected chi connectivity index (χ2v) is 6.18. The van der Waals surface area contributed by atoms with Gasteiger partial charge in [-0.3, -0.25) is 0 Å². The van der Waals surface area contributed by atoms with Crippen molar-refractivity contribution in [2.24, 2.45) is 0 Å². The molecule has 0 atom stereocenters. The van der Waals surface area contributed by atoms with Gasteiger partial charge in [-0.15, -0.1) is 0 Å². The standard InChI is InChI=1S/C16H17ClN2O2/c1-16(2,3)11-6-4-5-7-12(11)18-14-9-10(15(20)21)8-13(17)19-14/h4-9H,1-3H3,(H,18,19)(H,20,21). The first-order valence-electron chi connectivity index (χ1n) is 6.55. The number of aromatic nitrogens is 1. The first-order valence-corrected chi connectivity index (χ1v) is 6.92. The predicted octanol–water partition coefficient (Wildman–Crippen LogP) is 4.47. The molecule has 110 valence electrons. The number of carbonyl (C=O) groups is 1. The maximum absolute atomic E-state index is 11.1. The minimum atomic E-state index is -1.04. The highest BCUT2D eigenvalue weighted by molar-refractivity contribution is 6.29. The van der Waals surface area contributed by atoms with E-state index in [0.29, 0.717) is 5.82 Å². The molecule has 0 amide bonds. The van der Waals surface area contributed by atoms with Crippen LogP contribution in [0.4, 0.5) is 11.5 Å². The average molecular weight is 305 g/mol. The SMILES string of the molecule is CC(C)(C)c1ccccc1Nc1cc(C(=O)O)cc(Cl)n1. The highest BCUT2D eigenvalue weighted by atomic mass is 35.5. The number of pyridine rings is 1. The van der Waals surface area contributed by atoms with Crippen molar-refractivity contribution in [3.05, 3.63) is 52.7 Å². The van der Waals surface area contributed by atoms with E-state index in [1.807, 2.05) is 24.3 Å². The van der Waals surface area contributed by atoms with Gasteiger partial charge in [-0.05, 0) is 29.2 Å². The number of nitrogens with zero attached hydrogens (tertiary/aromatic N) is 1. The molecule has 2 rings (SSSR count). The fraction of sp³-hybridized carbons (Fsp3) is 0.250. The van der Waals surface area contributed by atoms with Crippen molar-refractivity contribution in [3.8, 4) is 0 Å². The van der Waals surface area contributed by atoms with E-state index in [4.69, 9.17) is 16.7 Å². The number of halogens is 1. The lowest BCUT2D eigenvalue weighted by molar-refractivity contribution is 0.0697. The fourth-order valence-electron chi connectivity index (χ4n) is 2.07. The normalized spacial score (nSPS) is 11.2. The number of hydrogen-bond donors (Lipinski definition) is 2. The van der Waals surface area contributed by atoms with Crippen LogP contribution in [0.5, 0.6) is 0 Å². The quantitative estimate of drug-likeness (QED) is 0.821. The smallest absolute Gasteiger partial charge is 0.335 e. The summed E-state index contributed by atoms with van der Waals surface area (Å²) in [6, 6.07) is 10.6. The topological polar surface area (TPSA) is 62.2 Å². The lowest BCUT2D eigenvalue weighted by atomic mass is 9.86. The van der Waals surface area contributed by atoms with E-state index in [0.717, 1.165) is 11.3 Å². The molecule has 0 aliphatic carbocycles. The summed E-state index contributed by atoms with van der Waals surface area (Å²) < 4.78 is 0. The van der Waals surface area contributed by atoms with Crippen molar-refractivity contribution in [1.82, 2.24) is 4.98 Å². The second-order valence-electron chi connectivity index (χ2n) is 5.79. The summed E-state index contributed by atoms with van der Waals surface area (Å²) in [5.74, 6) is -0.622. The highest BCUT2D eigenvalue weighted by Crippen LogP contribution is 2.31. The molecule has 1 aromatic carbocycles. The molecule has 0 saturated heterocycles. The molecule has 2 aromatic rings. The largest absolute Gasteiger partial charge is 0.478 e. The maximum Gasteiger partial charge on any atom is 0.335 e. The molecule has 0 bridgehead atoms. The van der Waals surface area contributed by atoms with Gasteiger partial charge >= 0.3 is 5.97 Å². The first kappa shape index (κ1) is 15.3. The molecule has 0 spiro atoms. The van der Waals surface area contributed by atoms with E-state index < -0.39 is 5.97 Å². The number of aromatic carboxylic acids is 1. The number of rotatable bonds is 3. The van der Waals surface area contributed by atoms with Crippen LogP contribution < -0.4 is 5.32 Å². The van der Waals surface area contributed by atoms with Crippen LogP contribution in [-0.4, -0.2) is 16.1 Å². The number of carboxylic acid groups (broad SMARTS) is 1. The molecular weight excluding hydrogens is 288 g/mol. The molecule has 0 aliphatic heterocycles. The van der Waals surface area contributed by atoms with Crippen molar-refractivity contribution >= 4 is 29.1 Å². The zero-order chi connectivity index (χ0) is 15.6. The van der Waals surface area contributed by atoms with Crippen LogP contribution in [0.25, 0.3) is 0 Å². The average Bonchev–Trinajstić information content (AvgIpc) is 2.37. The molecule has 1 aromatic heterocycles. The summed E-state index contributed by atoms with van der Waals surface area (Å²) in [5.41, 5.74) is 2.06. The molecule has 0 aliphatic rings. The van der Waals surface area contributed by atoms with Crippen LogP contribution in [0, 0.1) is 0 Å². The lowest BCUT2D eigenvalue weighted by Gasteiger charge is -2.23. The molecule has 4 nitrogen and oxygen atoms in total. The van der Waals surface area contributed by atoms with Gasteiger partial charge in [0.2, 0.25) is 0 Å². The Morgan fingerprint density at radius 2 is 1.90 bits per heavy atom. The van der Waals surface area contributed by atoms with Crippen molar-refractivity contribution in [1.29, 1.82) is 0 Å². The van der Waals surface area contributed by atoms with Gasteiger partial charge in [-0.1, -0.05) is 50.6 Å². The van der Waals surface area contributed by atoms with Crippen LogP contribution in [-0.2, 0) is 5.41 Å². The van der Waals surface area contributed by atoms with Crippen molar-refractivity contribution in [3.63, 3.8) is 0 Å². The Morgan fingerprint density at radius 1 is 1.24 bits per heavy atom. The Hall–Kier alpha value is -2.07. The van der Waals surface area contributed by atoms with Crippen LogP contribution in [0.1, 0.15) is 36.7 Å². The van der Waals surface area contributed by atoms with E-state index in [2.05, 4.69) is 31.1 Å². The molecular formula is C16H17ClN2O2. The number of carboxylic acids is 1. The van der Waals surface area contributed by atoms with Crippen molar-refractivity contribution < 1.29 is 9.90 Å². The third-order valence-corrected chi connectivity index (χ3v) is 3.23. The molecule has 0 radical (unpaired) electrons. The Morgan fingerprint density at radius 3 is 2.52 bits per heavy atom. The number of hydrogen-bond acceptors (Lipinski definition) is 3. The maximum atomic E-state index is 11.1. The molecule has 2 N–H and O–H groups in total. The third kappa shape index (κ3) is 3.73. The Labute approximate surface area is 128 Å². The van der Waals surface area contributed by atoms with Crippen molar-refractivity contribution in [2.75, 3.05) is 5.32 Å². The molecule has 21 heavy (non-hydrogen) atoms. The number of para-hydroxylation sites is 1. The summed E-state index contributed by atoms with van der Waals surface area (Å²) in [5, 5.41) is 12.4. The summed E-state index contributed by atoms with van der Waals surface area (Å²) >= 11 is 5.88. The van der Waals surface area contributed by atoms with Gasteiger partial charge in [0, 0.05) is 5.69 Å². The van der Waals surface area contributed by atoms with Gasteiger partial charge in [0.1, 0.15) is 11.0 Å². The summed E-state index contributed by atoms with van der Waals surface area (Å²) in [7, 11) is 0. The minimum Gasteiger partial charge on any atom is -0.478 e. The number of anilines is 2. The third-order valence-electron chi connectivity index (χ3n) is 3.04. The van der Waals surface area contributed by atoms with Gasteiger partial charge in [0.05, 0.1) is 5.56 Å². The van der Waals surface area contributed by atoms with Gasteiger partial charge in [0.25, 0.3) is 0 Å². The second kappa shape index (κ2) is 5.74. The van der Waals surface area contributed by atoms with E-state index in [9.17, 15) is 4.79 Å². The van der Waals surface area contributed by atoms with E-state index in [1.54, 1.807) is 0 Å². The fourth-order valence-corrected chi connectivity index (χ4v) is 2.28. The van der Waals surface area contributed by atoms with Gasteiger partial charge in [-0.2, -0.15) is 0 Å². The Bertz CT molecular complexity index is 678. The zero-order valence-electron chi connectivity index (χ0n) is 12.1. The summed E-state index contributed by atoms with van der Waals surface area (Å²) in [6.07, 6.45) is 0. The molecule has 0 fully saturated rings. The minimum absolute atomic E-state index is 0.0439. The lowest BCUT2D eigenvalue weighted by Crippen LogP contribution is -2.14. The molecule has 0 unspecified atom stereocenters. The van der Waals surface area contributed by atoms with E-state index in [-0.39, 0.29) is 16.1 Å². The monoisotopic (exact) mass is 304 g/mol. The molecule has 5 heteroatoms. The van der Waals surface area contributed by atoms with E-state index >= 15 is 0 Å². The highest BCUT2D eigenvalue weighted by Gasteiger charge is 2.18. The Kier molecular flexibility index (Phi) is 4.19. The van der Waals surface area contributed by atoms with Gasteiger partial charge in [-0.25, -0.2) is 9.78 Å². The Balaban J connectivity index is 2.42. The summed E-state index contributed by atoms with van der Waals surface area (Å²) in [4.78, 5) is 15.2. The molecule has 0 saturated carbocycles. The van der Waals surface area contributed by atoms with Crippen LogP contribution in [0.3, 0.4) is 0 Å². The number of benzene rings is 1. The first-order chi connectivity index (χ1) is 9.77. The van der Waals surface area contributed by atoms with Crippen LogP contribution in [0.2, 0.25) is 5.15 Å². The van der Waals surface area contributed by atoms with Gasteiger partial charge in [0.15, 0.2) is 0 Å². The van der Waals surface area contributed by atoms with Crippen LogP contribution >= 0.6 is 11.6 Å². The molecule has 1 heterocycles. The van der Waals surface area contributed by atoms with Crippen LogP contribution in [0.15, 0.2) is 36.4 Å². The van der Waals surface area contributed by atoms with Crippen molar-refractivity contribution in [2.45, 2.75) is 26.2 Å².